The van der Waals surface area contributed by atoms with Crippen LogP contribution < -0.4 is 0 Å². The average molecular weight is 749 g/mol. The van der Waals surface area contributed by atoms with Crippen molar-refractivity contribution < 1.29 is 58.7 Å². The number of nitrogens with zero attached hydrogens (tertiary/aromatic N) is 2. The Morgan fingerprint density at radius 3 is 2.08 bits per heavy atom. The number of hydrogen-bond donors (Lipinski definition) is 5. The summed E-state index contributed by atoms with van der Waals surface area (Å²) in [6, 6.07) is -1.40. The summed E-state index contributed by atoms with van der Waals surface area (Å²) < 4.78 is 37.2. The van der Waals surface area contributed by atoms with Crippen LogP contribution in [0.5, 0.6) is 0 Å². The third kappa shape index (κ3) is 9.52. The Hall–Kier alpha value is -1.37. The minimum atomic E-state index is -1.97. The maximum Gasteiger partial charge on any atom is 0.311 e. The Kier molecular flexibility index (Phi) is 15.3. The van der Waals surface area contributed by atoms with Crippen LogP contribution in [0.3, 0.4) is 0 Å². The molecule has 304 valence electrons. The molecular formula is C37H68N2O13. The molecule has 52 heavy (non-hydrogen) atoms. The zero-order chi connectivity index (χ0) is 39.7. The number of carbonyl (C=O) groups excluding carboxylic acids is 1. The number of cyclic esters (lactones) is 1. The van der Waals surface area contributed by atoms with Crippen LogP contribution in [-0.2, 0) is 33.2 Å². The normalized spacial score (nSPS) is 50.3. The van der Waals surface area contributed by atoms with Gasteiger partial charge in [-0.05, 0) is 80.8 Å². The predicted octanol–water partition coefficient (Wildman–Crippen LogP) is 2.35. The van der Waals surface area contributed by atoms with Crippen molar-refractivity contribution in [1.29, 1.82) is 0 Å². The van der Waals surface area contributed by atoms with Crippen LogP contribution in [0.25, 0.3) is 0 Å². The molecule has 0 aromatic heterocycles. The minimum absolute atomic E-state index is 0.0687. The molecule has 0 aliphatic carbocycles. The van der Waals surface area contributed by atoms with Crippen molar-refractivity contribution in [3.63, 3.8) is 0 Å². The molecule has 3 rings (SSSR count). The summed E-state index contributed by atoms with van der Waals surface area (Å²) in [4.78, 5) is 28.4. The molecule has 0 bridgehead atoms. The number of likely N-dealkylation sites (N-methyl/N-ethyl adjacent to an activating group) is 1. The van der Waals surface area contributed by atoms with Crippen molar-refractivity contribution in [2.75, 3.05) is 21.2 Å². The SMILES string of the molecule is CCC1OC(=O)C(C)C(OC2CC(C)(OC)C(O)C(C)O2)C(C)C(OC2OC(C)CC(N(C)C)C2O)C(C)(O)CC(C)C(N=O)C(C)C(O)C1(C)O. The number of hydrogen-bond acceptors (Lipinski definition) is 15. The molecule has 15 heteroatoms. The average Bonchev–Trinajstić information content (AvgIpc) is 3.06. The van der Waals surface area contributed by atoms with Gasteiger partial charge in [0.25, 0.3) is 0 Å². The molecular weight excluding hydrogens is 680 g/mol. The van der Waals surface area contributed by atoms with Crippen LogP contribution in [0.1, 0.15) is 94.9 Å². The van der Waals surface area contributed by atoms with Crippen molar-refractivity contribution >= 4 is 5.97 Å². The molecule has 0 radical (unpaired) electrons. The lowest BCUT2D eigenvalue weighted by Crippen LogP contribution is -2.61. The molecule has 0 amide bonds. The standard InChI is InChI=1S/C37H68N2O13/c1-14-25-37(10,45)30(41)20(4)27(38-46)18(2)16-35(8,44)32(52-34-28(40)24(39(11)12)15-19(3)48-34)21(5)29(22(6)33(43)50-25)51-26-17-36(9,47-13)31(42)23(7)49-26/h18-32,34,40-42,44-45H,14-17H2,1-13H3. The van der Waals surface area contributed by atoms with Gasteiger partial charge in [-0.2, -0.15) is 4.91 Å². The van der Waals surface area contributed by atoms with E-state index in [2.05, 4.69) is 5.18 Å². The summed E-state index contributed by atoms with van der Waals surface area (Å²) in [5.41, 5.74) is -4.80. The third-order valence-electron chi connectivity index (χ3n) is 12.2. The van der Waals surface area contributed by atoms with Gasteiger partial charge in [0.15, 0.2) is 12.6 Å². The molecule has 3 saturated heterocycles. The molecule has 3 aliphatic heterocycles. The number of carbonyl (C=O) groups is 1. The summed E-state index contributed by atoms with van der Waals surface area (Å²) in [6.45, 7) is 16.6. The van der Waals surface area contributed by atoms with Gasteiger partial charge in [0, 0.05) is 31.4 Å². The topological polar surface area (TPSA) is 206 Å². The summed E-state index contributed by atoms with van der Waals surface area (Å²) in [7, 11) is 5.18. The first-order chi connectivity index (χ1) is 24.0. The highest BCUT2D eigenvalue weighted by atomic mass is 16.7. The fourth-order valence-electron chi connectivity index (χ4n) is 8.79. The zero-order valence-electron chi connectivity index (χ0n) is 33.5. The zero-order valence-corrected chi connectivity index (χ0v) is 33.5. The van der Waals surface area contributed by atoms with Gasteiger partial charge in [-0.15, -0.1) is 0 Å². The number of ether oxygens (including phenoxy) is 6. The highest BCUT2D eigenvalue weighted by Gasteiger charge is 2.54. The van der Waals surface area contributed by atoms with Gasteiger partial charge in [-0.3, -0.25) is 4.79 Å². The Morgan fingerprint density at radius 2 is 1.54 bits per heavy atom. The smallest absolute Gasteiger partial charge is 0.311 e. The van der Waals surface area contributed by atoms with Crippen LogP contribution in [0.15, 0.2) is 5.18 Å². The molecule has 5 N–H and O–H groups in total. The van der Waals surface area contributed by atoms with Crippen LogP contribution in [-0.4, -0.2) is 148 Å². The van der Waals surface area contributed by atoms with Crippen LogP contribution in [0, 0.1) is 28.6 Å². The minimum Gasteiger partial charge on any atom is -0.459 e. The van der Waals surface area contributed by atoms with Crippen molar-refractivity contribution in [2.24, 2.45) is 28.8 Å². The van der Waals surface area contributed by atoms with Crippen molar-refractivity contribution in [1.82, 2.24) is 4.90 Å². The van der Waals surface area contributed by atoms with Gasteiger partial charge >= 0.3 is 5.97 Å². The van der Waals surface area contributed by atoms with Crippen molar-refractivity contribution in [2.45, 2.75) is 185 Å². The second-order valence-electron chi connectivity index (χ2n) is 16.8. The summed E-state index contributed by atoms with van der Waals surface area (Å²) in [5, 5.41) is 61.4. The molecule has 15 nitrogen and oxygen atoms in total. The number of nitroso groups, excluding NO2 is 1. The lowest BCUT2D eigenvalue weighted by molar-refractivity contribution is -0.318. The van der Waals surface area contributed by atoms with Crippen molar-refractivity contribution in [3.05, 3.63) is 4.91 Å². The lowest BCUT2D eigenvalue weighted by atomic mass is 9.72. The number of methoxy groups -OCH3 is 1. The van der Waals surface area contributed by atoms with Gasteiger partial charge in [0.2, 0.25) is 0 Å². The molecule has 3 fully saturated rings. The Balaban J connectivity index is 2.21. The highest BCUT2D eigenvalue weighted by molar-refractivity contribution is 5.73. The first kappa shape index (κ1) is 45.0. The van der Waals surface area contributed by atoms with E-state index in [1.54, 1.807) is 55.4 Å². The number of aliphatic hydroxyl groups is 5. The first-order valence-electron chi connectivity index (χ1n) is 18.8. The van der Waals surface area contributed by atoms with Gasteiger partial charge in [0.1, 0.15) is 23.9 Å². The van der Waals surface area contributed by atoms with E-state index < -0.39 is 108 Å². The van der Waals surface area contributed by atoms with E-state index in [4.69, 9.17) is 28.4 Å². The summed E-state index contributed by atoms with van der Waals surface area (Å²) >= 11 is 0. The fraction of sp³-hybridized carbons (Fsp3) is 0.973. The van der Waals surface area contributed by atoms with E-state index in [9.17, 15) is 35.2 Å². The van der Waals surface area contributed by atoms with E-state index in [0.717, 1.165) is 0 Å². The van der Waals surface area contributed by atoms with Crippen LogP contribution in [0.2, 0.25) is 0 Å². The summed E-state index contributed by atoms with van der Waals surface area (Å²) in [5.74, 6) is -4.21. The highest BCUT2D eigenvalue weighted by Crippen LogP contribution is 2.41. The molecule has 0 aromatic rings. The predicted molar refractivity (Wildman–Crippen MR) is 191 cm³/mol. The Bertz CT molecular complexity index is 1170. The molecule has 3 heterocycles. The molecule has 3 aliphatic rings. The van der Waals surface area contributed by atoms with Crippen LogP contribution in [0.4, 0.5) is 0 Å². The van der Waals surface area contributed by atoms with E-state index in [0.29, 0.717) is 6.42 Å². The second-order valence-corrected chi connectivity index (χ2v) is 16.8. The number of esters is 1. The van der Waals surface area contributed by atoms with E-state index >= 15 is 0 Å². The van der Waals surface area contributed by atoms with Gasteiger partial charge in [-0.1, -0.05) is 32.9 Å². The third-order valence-corrected chi connectivity index (χ3v) is 12.2. The van der Waals surface area contributed by atoms with E-state index in [1.165, 1.54) is 14.0 Å². The van der Waals surface area contributed by atoms with E-state index in [1.807, 2.05) is 25.9 Å². The van der Waals surface area contributed by atoms with Gasteiger partial charge in [0.05, 0.1) is 53.7 Å². The van der Waals surface area contributed by atoms with E-state index in [-0.39, 0.29) is 31.4 Å². The lowest BCUT2D eigenvalue weighted by Gasteiger charge is -2.49. The Morgan fingerprint density at radius 1 is 0.923 bits per heavy atom. The second kappa shape index (κ2) is 17.6. The quantitative estimate of drug-likeness (QED) is 0.179. The molecule has 0 aromatic carbocycles. The Labute approximate surface area is 309 Å². The number of rotatable bonds is 8. The largest absolute Gasteiger partial charge is 0.459 e. The monoisotopic (exact) mass is 748 g/mol. The maximum absolute atomic E-state index is 14.1. The van der Waals surface area contributed by atoms with Gasteiger partial charge in [-0.25, -0.2) is 0 Å². The number of aliphatic hydroxyl groups excluding tert-OH is 3. The van der Waals surface area contributed by atoms with Crippen molar-refractivity contribution in [3.8, 4) is 0 Å². The fourth-order valence-corrected chi connectivity index (χ4v) is 8.79. The van der Waals surface area contributed by atoms with Crippen LogP contribution >= 0.6 is 0 Å². The summed E-state index contributed by atoms with van der Waals surface area (Å²) in [6.07, 6.45) is -9.58. The first-order valence-corrected chi connectivity index (χ1v) is 18.8. The molecule has 19 atom stereocenters. The molecule has 19 unspecified atom stereocenters. The molecule has 0 saturated carbocycles. The molecule has 0 spiro atoms. The van der Waals surface area contributed by atoms with Gasteiger partial charge < -0.3 is 58.9 Å². The maximum atomic E-state index is 14.1.